The van der Waals surface area contributed by atoms with Gasteiger partial charge in [-0.2, -0.15) is 8.42 Å². The Morgan fingerprint density at radius 2 is 1.52 bits per heavy atom. The van der Waals surface area contributed by atoms with Crippen LogP contribution in [0.25, 0.3) is 0 Å². The maximum absolute atomic E-state index is 12.6. The number of Topliss-reactive ketones (excluding diaryl/α,β-unsaturated/α-hetero) is 1. The van der Waals surface area contributed by atoms with Crippen LogP contribution >= 0.6 is 0 Å². The van der Waals surface area contributed by atoms with E-state index in [9.17, 15) is 13.2 Å². The van der Waals surface area contributed by atoms with Crippen molar-refractivity contribution in [1.82, 2.24) is 0 Å². The molecule has 0 amide bonds. The Labute approximate surface area is 137 Å². The smallest absolute Gasteiger partial charge is 0.291 e. The van der Waals surface area contributed by atoms with Crippen molar-refractivity contribution >= 4 is 15.9 Å². The summed E-state index contributed by atoms with van der Waals surface area (Å²) in [6, 6.07) is 14.9. The largest absolute Gasteiger partial charge is 0.297 e. The van der Waals surface area contributed by atoms with Crippen LogP contribution in [0.1, 0.15) is 29.8 Å². The highest BCUT2D eigenvalue weighted by atomic mass is 32.2. The summed E-state index contributed by atoms with van der Waals surface area (Å²) in [5.41, 5.74) is 1.38. The summed E-state index contributed by atoms with van der Waals surface area (Å²) in [6.45, 7) is 5.39. The van der Waals surface area contributed by atoms with Gasteiger partial charge in [0, 0.05) is 5.56 Å². The van der Waals surface area contributed by atoms with Gasteiger partial charge in [0.2, 0.25) is 0 Å². The fourth-order valence-corrected chi connectivity index (χ4v) is 3.28. The molecule has 0 aromatic heterocycles. The van der Waals surface area contributed by atoms with E-state index in [1.165, 1.54) is 12.1 Å². The van der Waals surface area contributed by atoms with Gasteiger partial charge in [0.15, 0.2) is 5.78 Å². The lowest BCUT2D eigenvalue weighted by Crippen LogP contribution is -2.32. The van der Waals surface area contributed by atoms with Crippen LogP contribution in [0.4, 0.5) is 0 Å². The van der Waals surface area contributed by atoms with E-state index in [1.54, 1.807) is 56.3 Å². The van der Waals surface area contributed by atoms with Gasteiger partial charge < -0.3 is 0 Å². The fourth-order valence-electron chi connectivity index (χ4n) is 2.12. The Hall–Kier alpha value is -1.98. The third-order valence-electron chi connectivity index (χ3n) is 3.46. The van der Waals surface area contributed by atoms with Gasteiger partial charge in [0.25, 0.3) is 10.1 Å². The summed E-state index contributed by atoms with van der Waals surface area (Å²) in [4.78, 5) is 12.6. The Balaban J connectivity index is 2.29. The lowest BCUT2D eigenvalue weighted by Gasteiger charge is -2.20. The van der Waals surface area contributed by atoms with E-state index < -0.39 is 16.2 Å². The molecule has 0 aliphatic heterocycles. The summed E-state index contributed by atoms with van der Waals surface area (Å²) >= 11 is 0. The number of carbonyl (C=O) groups is 1. The summed E-state index contributed by atoms with van der Waals surface area (Å²) in [7, 11) is -4.00. The molecule has 0 saturated carbocycles. The molecule has 0 unspecified atom stereocenters. The number of hydrogen-bond donors (Lipinski definition) is 0. The lowest BCUT2D eigenvalue weighted by atomic mass is 9.98. The molecule has 0 fully saturated rings. The third kappa shape index (κ3) is 4.27. The molecule has 0 saturated heterocycles. The van der Waals surface area contributed by atoms with E-state index in [4.69, 9.17) is 4.18 Å². The second kappa shape index (κ2) is 7.06. The van der Waals surface area contributed by atoms with Crippen LogP contribution in [0.5, 0.6) is 0 Å². The van der Waals surface area contributed by atoms with Gasteiger partial charge in [-0.25, -0.2) is 0 Å². The van der Waals surface area contributed by atoms with Crippen molar-refractivity contribution in [1.29, 1.82) is 0 Å². The van der Waals surface area contributed by atoms with Gasteiger partial charge in [-0.3, -0.25) is 8.98 Å². The minimum Gasteiger partial charge on any atom is -0.291 e. The second-order valence-corrected chi connectivity index (χ2v) is 7.33. The van der Waals surface area contributed by atoms with Crippen molar-refractivity contribution in [2.24, 2.45) is 5.92 Å². The van der Waals surface area contributed by atoms with Crippen LogP contribution in [-0.2, 0) is 14.3 Å². The average Bonchev–Trinajstić information content (AvgIpc) is 2.53. The standard InChI is InChI=1S/C18H20O4S/c1-13(2)18(17(19)15-7-5-4-6-8-15)22-23(20,21)16-11-9-14(3)10-12-16/h4-13,18H,1-3H3/t18-/m1/s1. The second-order valence-electron chi connectivity index (χ2n) is 5.76. The molecule has 0 N–H and O–H groups in total. The molecule has 0 bridgehead atoms. The van der Waals surface area contributed by atoms with Crippen LogP contribution in [0.3, 0.4) is 0 Å². The first kappa shape index (κ1) is 17.4. The molecule has 4 nitrogen and oxygen atoms in total. The van der Waals surface area contributed by atoms with E-state index in [1.807, 2.05) is 6.92 Å². The Kier molecular flexibility index (Phi) is 5.34. The summed E-state index contributed by atoms with van der Waals surface area (Å²) in [5.74, 6) is -0.612. The highest BCUT2D eigenvalue weighted by Gasteiger charge is 2.30. The molecule has 122 valence electrons. The number of benzene rings is 2. The molecule has 0 heterocycles. The summed E-state index contributed by atoms with van der Waals surface area (Å²) in [6.07, 6.45) is -1.05. The molecular formula is C18H20O4S. The van der Waals surface area contributed by atoms with E-state index in [2.05, 4.69) is 0 Å². The first-order valence-electron chi connectivity index (χ1n) is 7.40. The highest BCUT2D eigenvalue weighted by Crippen LogP contribution is 2.21. The molecule has 0 radical (unpaired) electrons. The number of aryl methyl sites for hydroxylation is 1. The zero-order chi connectivity index (χ0) is 17.0. The number of rotatable bonds is 6. The van der Waals surface area contributed by atoms with Crippen molar-refractivity contribution in [2.45, 2.75) is 31.8 Å². The highest BCUT2D eigenvalue weighted by molar-refractivity contribution is 7.86. The van der Waals surface area contributed by atoms with Crippen molar-refractivity contribution in [3.63, 3.8) is 0 Å². The predicted octanol–water partition coefficient (Wildman–Crippen LogP) is 3.61. The van der Waals surface area contributed by atoms with Crippen molar-refractivity contribution in [2.75, 3.05) is 0 Å². The first-order valence-corrected chi connectivity index (χ1v) is 8.81. The van der Waals surface area contributed by atoms with E-state index in [0.29, 0.717) is 5.56 Å². The van der Waals surface area contributed by atoms with Crippen LogP contribution in [-0.4, -0.2) is 20.3 Å². The number of carbonyl (C=O) groups excluding carboxylic acids is 1. The molecule has 2 aromatic carbocycles. The van der Waals surface area contributed by atoms with Gasteiger partial charge in [0.05, 0.1) is 4.90 Å². The van der Waals surface area contributed by atoms with Gasteiger partial charge in [-0.05, 0) is 25.0 Å². The monoisotopic (exact) mass is 332 g/mol. The fraction of sp³-hybridized carbons (Fsp3) is 0.278. The molecule has 2 rings (SSSR count). The van der Waals surface area contributed by atoms with Crippen molar-refractivity contribution in [3.05, 3.63) is 65.7 Å². The van der Waals surface area contributed by atoms with Crippen LogP contribution in [0.2, 0.25) is 0 Å². The summed E-state index contributed by atoms with van der Waals surface area (Å²) < 4.78 is 30.1. The third-order valence-corrected chi connectivity index (χ3v) is 4.77. The van der Waals surface area contributed by atoms with E-state index in [-0.39, 0.29) is 16.6 Å². The van der Waals surface area contributed by atoms with Gasteiger partial charge in [0.1, 0.15) is 6.10 Å². The maximum atomic E-state index is 12.6. The van der Waals surface area contributed by atoms with E-state index in [0.717, 1.165) is 5.56 Å². The van der Waals surface area contributed by atoms with Crippen LogP contribution < -0.4 is 0 Å². The van der Waals surface area contributed by atoms with Crippen LogP contribution in [0.15, 0.2) is 59.5 Å². The van der Waals surface area contributed by atoms with Crippen LogP contribution in [0, 0.1) is 12.8 Å². The number of ketones is 1. The zero-order valence-electron chi connectivity index (χ0n) is 13.4. The normalized spacial score (nSPS) is 13.0. The number of hydrogen-bond acceptors (Lipinski definition) is 4. The molecule has 5 heteroatoms. The lowest BCUT2D eigenvalue weighted by molar-refractivity contribution is 0.0724. The topological polar surface area (TPSA) is 60.4 Å². The molecule has 0 spiro atoms. The Morgan fingerprint density at radius 3 is 2.04 bits per heavy atom. The van der Waals surface area contributed by atoms with Gasteiger partial charge in [-0.15, -0.1) is 0 Å². The predicted molar refractivity (Wildman–Crippen MR) is 88.8 cm³/mol. The SMILES string of the molecule is Cc1ccc(S(=O)(=O)O[C@@H](C(=O)c2ccccc2)C(C)C)cc1. The Bertz CT molecular complexity index is 762. The Morgan fingerprint density at radius 1 is 0.957 bits per heavy atom. The molecule has 23 heavy (non-hydrogen) atoms. The van der Waals surface area contributed by atoms with Crippen molar-refractivity contribution in [3.8, 4) is 0 Å². The molecule has 1 atom stereocenters. The zero-order valence-corrected chi connectivity index (χ0v) is 14.2. The molecule has 0 aliphatic rings. The molecular weight excluding hydrogens is 312 g/mol. The summed E-state index contributed by atoms with van der Waals surface area (Å²) in [5, 5.41) is 0. The minimum atomic E-state index is -4.00. The minimum absolute atomic E-state index is 0.0506. The molecule has 0 aliphatic carbocycles. The van der Waals surface area contributed by atoms with Gasteiger partial charge >= 0.3 is 0 Å². The van der Waals surface area contributed by atoms with Gasteiger partial charge in [-0.1, -0.05) is 61.9 Å². The van der Waals surface area contributed by atoms with E-state index >= 15 is 0 Å². The molecule has 2 aromatic rings. The first-order chi connectivity index (χ1) is 10.8. The van der Waals surface area contributed by atoms with Crippen molar-refractivity contribution < 1.29 is 17.4 Å². The average molecular weight is 332 g/mol. The quantitative estimate of drug-likeness (QED) is 0.599. The maximum Gasteiger partial charge on any atom is 0.297 e.